The number of carbonyl (C=O) groups excluding carboxylic acids is 1. The molecule has 0 spiro atoms. The standard InChI is InChI=1S/C24H26N4O3S/c1-15-22-17(14-18(21-7-6-12-32-21)25-23(22)28(3)26-15)24(29)27(2)11-10-16-8-9-19(30-4)20(13-16)31-5/h6-9,12-14H,10-11H2,1-5H3. The van der Waals surface area contributed by atoms with E-state index in [9.17, 15) is 4.79 Å². The van der Waals surface area contributed by atoms with Crippen LogP contribution in [0.2, 0.25) is 0 Å². The number of thiophene rings is 1. The number of pyridine rings is 1. The Balaban J connectivity index is 1.63. The van der Waals surface area contributed by atoms with Gasteiger partial charge in [-0.15, -0.1) is 11.3 Å². The minimum absolute atomic E-state index is 0.0493. The molecule has 32 heavy (non-hydrogen) atoms. The molecule has 1 aromatic carbocycles. The van der Waals surface area contributed by atoms with E-state index >= 15 is 0 Å². The van der Waals surface area contributed by atoms with E-state index in [1.54, 1.807) is 35.1 Å². The van der Waals surface area contributed by atoms with E-state index in [2.05, 4.69) is 5.10 Å². The zero-order valence-electron chi connectivity index (χ0n) is 18.9. The molecule has 0 fully saturated rings. The summed E-state index contributed by atoms with van der Waals surface area (Å²) < 4.78 is 12.4. The first kappa shape index (κ1) is 21.8. The minimum Gasteiger partial charge on any atom is -0.493 e. The number of rotatable bonds is 7. The third-order valence-electron chi connectivity index (χ3n) is 5.50. The van der Waals surface area contributed by atoms with Crippen LogP contribution in [0.4, 0.5) is 0 Å². The van der Waals surface area contributed by atoms with Gasteiger partial charge in [-0.05, 0) is 48.6 Å². The van der Waals surface area contributed by atoms with E-state index in [1.165, 1.54) is 0 Å². The van der Waals surface area contributed by atoms with Crippen molar-refractivity contribution in [2.75, 3.05) is 27.8 Å². The van der Waals surface area contributed by atoms with Crippen molar-refractivity contribution in [1.82, 2.24) is 19.7 Å². The quantitative estimate of drug-likeness (QED) is 0.419. The van der Waals surface area contributed by atoms with Gasteiger partial charge in [-0.3, -0.25) is 9.48 Å². The number of ether oxygens (including phenoxy) is 2. The third kappa shape index (κ3) is 4.05. The van der Waals surface area contributed by atoms with Gasteiger partial charge in [0, 0.05) is 20.6 Å². The molecule has 0 saturated heterocycles. The molecule has 0 N–H and O–H groups in total. The van der Waals surface area contributed by atoms with Crippen LogP contribution in [-0.4, -0.2) is 53.4 Å². The number of benzene rings is 1. The van der Waals surface area contributed by atoms with E-state index in [-0.39, 0.29) is 5.91 Å². The molecule has 0 atom stereocenters. The van der Waals surface area contributed by atoms with Crippen LogP contribution < -0.4 is 9.47 Å². The van der Waals surface area contributed by atoms with Gasteiger partial charge in [-0.2, -0.15) is 5.10 Å². The maximum absolute atomic E-state index is 13.5. The average Bonchev–Trinajstić information content (AvgIpc) is 3.44. The smallest absolute Gasteiger partial charge is 0.254 e. The second kappa shape index (κ2) is 9.00. The minimum atomic E-state index is -0.0493. The zero-order chi connectivity index (χ0) is 22.8. The summed E-state index contributed by atoms with van der Waals surface area (Å²) in [5, 5.41) is 7.31. The molecular formula is C24H26N4O3S. The first-order valence-corrected chi connectivity index (χ1v) is 11.2. The molecule has 166 valence electrons. The lowest BCUT2D eigenvalue weighted by molar-refractivity contribution is 0.0798. The van der Waals surface area contributed by atoms with Crippen LogP contribution in [0.5, 0.6) is 11.5 Å². The summed E-state index contributed by atoms with van der Waals surface area (Å²) in [7, 11) is 6.92. The Morgan fingerprint density at radius 2 is 1.94 bits per heavy atom. The van der Waals surface area contributed by atoms with Crippen molar-refractivity contribution in [2.45, 2.75) is 13.3 Å². The highest BCUT2D eigenvalue weighted by Crippen LogP contribution is 2.30. The molecule has 4 rings (SSSR count). The van der Waals surface area contributed by atoms with Gasteiger partial charge in [-0.25, -0.2) is 4.98 Å². The molecule has 4 aromatic rings. The SMILES string of the molecule is COc1ccc(CCN(C)C(=O)c2cc(-c3cccs3)nc3c2c(C)nn3C)cc1OC. The van der Waals surface area contributed by atoms with Gasteiger partial charge in [0.1, 0.15) is 0 Å². The molecule has 3 aromatic heterocycles. The lowest BCUT2D eigenvalue weighted by atomic mass is 10.1. The molecule has 7 nitrogen and oxygen atoms in total. The molecule has 0 radical (unpaired) electrons. The van der Waals surface area contributed by atoms with Crippen LogP contribution in [0, 0.1) is 6.92 Å². The Morgan fingerprint density at radius 3 is 2.62 bits per heavy atom. The number of hydrogen-bond acceptors (Lipinski definition) is 6. The van der Waals surface area contributed by atoms with E-state index in [1.807, 2.05) is 62.8 Å². The molecule has 8 heteroatoms. The second-order valence-corrected chi connectivity index (χ2v) is 8.55. The Labute approximate surface area is 191 Å². The maximum atomic E-state index is 13.5. The van der Waals surface area contributed by atoms with Crippen molar-refractivity contribution >= 4 is 28.3 Å². The monoisotopic (exact) mass is 450 g/mol. The fraction of sp³-hybridized carbons (Fsp3) is 0.292. The molecule has 0 aliphatic heterocycles. The van der Waals surface area contributed by atoms with Crippen molar-refractivity contribution in [3.63, 3.8) is 0 Å². The molecule has 0 unspecified atom stereocenters. The predicted octanol–water partition coefficient (Wildman–Crippen LogP) is 4.34. The zero-order valence-corrected chi connectivity index (χ0v) is 19.7. The number of aromatic nitrogens is 3. The molecule has 0 aliphatic rings. The van der Waals surface area contributed by atoms with E-state index in [0.717, 1.165) is 27.2 Å². The maximum Gasteiger partial charge on any atom is 0.254 e. The predicted molar refractivity (Wildman–Crippen MR) is 127 cm³/mol. The molecule has 1 amide bonds. The number of amides is 1. The Kier molecular flexibility index (Phi) is 6.14. The van der Waals surface area contributed by atoms with Gasteiger partial charge >= 0.3 is 0 Å². The highest BCUT2D eigenvalue weighted by molar-refractivity contribution is 7.13. The number of aryl methyl sites for hydroxylation is 2. The van der Waals surface area contributed by atoms with Crippen LogP contribution in [0.1, 0.15) is 21.6 Å². The summed E-state index contributed by atoms with van der Waals surface area (Å²) >= 11 is 1.60. The molecule has 3 heterocycles. The Hall–Kier alpha value is -3.39. The number of hydrogen-bond donors (Lipinski definition) is 0. The number of carbonyl (C=O) groups is 1. The first-order valence-electron chi connectivity index (χ1n) is 10.3. The lowest BCUT2D eigenvalue weighted by Gasteiger charge is -2.19. The van der Waals surface area contributed by atoms with E-state index in [0.29, 0.717) is 35.7 Å². The summed E-state index contributed by atoms with van der Waals surface area (Å²) in [5.74, 6) is 1.32. The normalized spacial score (nSPS) is 11.0. The average molecular weight is 451 g/mol. The van der Waals surface area contributed by atoms with Crippen LogP contribution in [0.25, 0.3) is 21.6 Å². The third-order valence-corrected chi connectivity index (χ3v) is 6.40. The summed E-state index contributed by atoms with van der Waals surface area (Å²) in [6.45, 7) is 2.47. The van der Waals surface area contributed by atoms with Gasteiger partial charge in [-0.1, -0.05) is 12.1 Å². The van der Waals surface area contributed by atoms with Crippen LogP contribution >= 0.6 is 11.3 Å². The number of likely N-dealkylation sites (N-methyl/N-ethyl adjacent to an activating group) is 1. The second-order valence-electron chi connectivity index (χ2n) is 7.61. The largest absolute Gasteiger partial charge is 0.493 e. The number of fused-ring (bicyclic) bond motifs is 1. The Morgan fingerprint density at radius 1 is 1.16 bits per heavy atom. The summed E-state index contributed by atoms with van der Waals surface area (Å²) in [6, 6.07) is 11.7. The van der Waals surface area contributed by atoms with Crippen molar-refractivity contribution < 1.29 is 14.3 Å². The van der Waals surface area contributed by atoms with Crippen LogP contribution in [0.15, 0.2) is 41.8 Å². The van der Waals surface area contributed by atoms with Crippen LogP contribution in [-0.2, 0) is 13.5 Å². The van der Waals surface area contributed by atoms with Gasteiger partial charge in [0.25, 0.3) is 5.91 Å². The van der Waals surface area contributed by atoms with Crippen molar-refractivity contribution in [3.8, 4) is 22.1 Å². The van der Waals surface area contributed by atoms with Crippen molar-refractivity contribution in [2.24, 2.45) is 7.05 Å². The fourth-order valence-corrected chi connectivity index (χ4v) is 4.49. The number of methoxy groups -OCH3 is 2. The van der Waals surface area contributed by atoms with Crippen molar-refractivity contribution in [1.29, 1.82) is 0 Å². The lowest BCUT2D eigenvalue weighted by Crippen LogP contribution is -2.29. The highest BCUT2D eigenvalue weighted by atomic mass is 32.1. The van der Waals surface area contributed by atoms with Crippen LogP contribution in [0.3, 0.4) is 0 Å². The number of nitrogens with zero attached hydrogens (tertiary/aromatic N) is 4. The van der Waals surface area contributed by atoms with E-state index < -0.39 is 0 Å². The first-order chi connectivity index (χ1) is 15.4. The van der Waals surface area contributed by atoms with Gasteiger partial charge < -0.3 is 14.4 Å². The summed E-state index contributed by atoms with van der Waals surface area (Å²) in [5.41, 5.74) is 3.99. The highest BCUT2D eigenvalue weighted by Gasteiger charge is 2.22. The van der Waals surface area contributed by atoms with Gasteiger partial charge in [0.05, 0.1) is 41.4 Å². The fourth-order valence-electron chi connectivity index (χ4n) is 3.80. The van der Waals surface area contributed by atoms with Gasteiger partial charge in [0.15, 0.2) is 17.1 Å². The van der Waals surface area contributed by atoms with E-state index in [4.69, 9.17) is 14.5 Å². The van der Waals surface area contributed by atoms with Gasteiger partial charge in [0.2, 0.25) is 0 Å². The topological polar surface area (TPSA) is 69.5 Å². The molecule has 0 bridgehead atoms. The Bertz CT molecular complexity index is 1260. The molecule has 0 saturated carbocycles. The summed E-state index contributed by atoms with van der Waals surface area (Å²) in [6.07, 6.45) is 0.695. The van der Waals surface area contributed by atoms with Crippen molar-refractivity contribution in [3.05, 3.63) is 58.6 Å². The molecule has 0 aliphatic carbocycles. The summed E-state index contributed by atoms with van der Waals surface area (Å²) in [4.78, 5) is 21.1. The molecular weight excluding hydrogens is 424 g/mol.